The van der Waals surface area contributed by atoms with Gasteiger partial charge in [0.15, 0.2) is 0 Å². The van der Waals surface area contributed by atoms with Crippen LogP contribution < -0.4 is 0 Å². The zero-order chi connectivity index (χ0) is 22.7. The molecule has 0 radical (unpaired) electrons. The minimum atomic E-state index is -0.304. The first-order chi connectivity index (χ1) is 15.1. The van der Waals surface area contributed by atoms with Crippen molar-refractivity contribution in [1.29, 1.82) is 0 Å². The summed E-state index contributed by atoms with van der Waals surface area (Å²) in [5.74, 6) is -0.586. The van der Waals surface area contributed by atoms with Gasteiger partial charge in [-0.1, -0.05) is 78.1 Å². The van der Waals surface area contributed by atoms with Crippen LogP contribution in [-0.4, -0.2) is 30.9 Å². The number of unbranched alkanes of at least 4 members (excludes halogenated alkanes) is 10. The Labute approximate surface area is 190 Å². The Bertz CT molecular complexity index is 466. The van der Waals surface area contributed by atoms with E-state index in [1.165, 1.54) is 51.4 Å². The third-order valence-corrected chi connectivity index (χ3v) is 5.96. The van der Waals surface area contributed by atoms with Gasteiger partial charge < -0.3 is 9.47 Å². The summed E-state index contributed by atoms with van der Waals surface area (Å²) < 4.78 is 10.7. The highest BCUT2D eigenvalue weighted by atomic mass is 16.5. The van der Waals surface area contributed by atoms with Crippen LogP contribution in [0.25, 0.3) is 0 Å². The molecule has 180 valence electrons. The van der Waals surface area contributed by atoms with Gasteiger partial charge in [0.25, 0.3) is 0 Å². The van der Waals surface area contributed by atoms with Crippen molar-refractivity contribution in [2.24, 2.45) is 11.8 Å². The quantitative estimate of drug-likeness (QED) is 0.150. The summed E-state index contributed by atoms with van der Waals surface area (Å²) in [6.45, 7) is 5.24. The van der Waals surface area contributed by atoms with E-state index in [9.17, 15) is 14.4 Å². The van der Waals surface area contributed by atoms with Crippen LogP contribution in [-0.2, 0) is 23.9 Å². The van der Waals surface area contributed by atoms with E-state index in [-0.39, 0.29) is 48.8 Å². The smallest absolute Gasteiger partial charge is 0.306 e. The summed E-state index contributed by atoms with van der Waals surface area (Å²) >= 11 is 0. The Balaban J connectivity index is 2.26. The first-order valence-electron chi connectivity index (χ1n) is 12.9. The highest BCUT2D eigenvalue weighted by molar-refractivity contribution is 5.84. The molecule has 1 aliphatic rings. The number of carbonyl (C=O) groups excluding carboxylic acids is 3. The SMILES string of the molecule is CCCCCCCCOC(=O)CC(CC(=O)OCCCCCCCC)CC(=O)C1CC1. The van der Waals surface area contributed by atoms with Crippen molar-refractivity contribution >= 4 is 17.7 Å². The van der Waals surface area contributed by atoms with Gasteiger partial charge in [-0.3, -0.25) is 14.4 Å². The van der Waals surface area contributed by atoms with Crippen LogP contribution in [0.2, 0.25) is 0 Å². The molecule has 31 heavy (non-hydrogen) atoms. The van der Waals surface area contributed by atoms with Crippen LogP contribution in [0, 0.1) is 11.8 Å². The van der Waals surface area contributed by atoms with Crippen LogP contribution in [0.15, 0.2) is 0 Å². The van der Waals surface area contributed by atoms with E-state index in [0.717, 1.165) is 38.5 Å². The largest absolute Gasteiger partial charge is 0.466 e. The van der Waals surface area contributed by atoms with Gasteiger partial charge in [0, 0.05) is 25.2 Å². The monoisotopic (exact) mass is 438 g/mol. The molecule has 0 N–H and O–H groups in total. The fourth-order valence-corrected chi connectivity index (χ4v) is 3.80. The molecule has 1 rings (SSSR count). The molecule has 0 spiro atoms. The molecular formula is C26H46O5. The molecule has 0 atom stereocenters. The lowest BCUT2D eigenvalue weighted by Gasteiger charge is -2.15. The Kier molecular flexibility index (Phi) is 16.2. The van der Waals surface area contributed by atoms with Crippen molar-refractivity contribution in [3.05, 3.63) is 0 Å². The number of hydrogen-bond donors (Lipinski definition) is 0. The molecule has 0 amide bonds. The number of ether oxygens (including phenoxy) is 2. The van der Waals surface area contributed by atoms with Crippen molar-refractivity contribution in [1.82, 2.24) is 0 Å². The summed E-state index contributed by atoms with van der Waals surface area (Å²) in [7, 11) is 0. The van der Waals surface area contributed by atoms with E-state index in [0.29, 0.717) is 13.2 Å². The van der Waals surface area contributed by atoms with Crippen LogP contribution in [0.4, 0.5) is 0 Å². The average molecular weight is 439 g/mol. The van der Waals surface area contributed by atoms with E-state index >= 15 is 0 Å². The zero-order valence-electron chi connectivity index (χ0n) is 20.1. The lowest BCUT2D eigenvalue weighted by atomic mass is 9.93. The van der Waals surface area contributed by atoms with Crippen LogP contribution in [0.3, 0.4) is 0 Å². The van der Waals surface area contributed by atoms with Gasteiger partial charge in [0.2, 0.25) is 0 Å². The first kappa shape index (κ1) is 27.6. The average Bonchev–Trinajstić information content (AvgIpc) is 3.58. The first-order valence-corrected chi connectivity index (χ1v) is 12.9. The minimum Gasteiger partial charge on any atom is -0.466 e. The second kappa shape index (κ2) is 18.2. The molecule has 0 saturated heterocycles. The predicted molar refractivity (Wildman–Crippen MR) is 124 cm³/mol. The molecular weight excluding hydrogens is 392 g/mol. The normalized spacial score (nSPS) is 13.4. The standard InChI is InChI=1S/C26H46O5/c1-3-5-7-9-11-13-17-30-25(28)20-22(19-24(27)23-15-16-23)21-26(29)31-18-14-12-10-8-6-4-2/h22-23H,3-21H2,1-2H3. The summed E-state index contributed by atoms with van der Waals surface area (Å²) in [6.07, 6.45) is 16.1. The number of ketones is 1. The molecule has 0 unspecified atom stereocenters. The molecule has 0 aromatic rings. The summed E-state index contributed by atoms with van der Waals surface area (Å²) in [5, 5.41) is 0. The van der Waals surface area contributed by atoms with Gasteiger partial charge in [-0.25, -0.2) is 0 Å². The topological polar surface area (TPSA) is 69.7 Å². The minimum absolute atomic E-state index is 0.125. The molecule has 5 heteroatoms. The van der Waals surface area contributed by atoms with Gasteiger partial charge in [-0.2, -0.15) is 0 Å². The molecule has 1 aliphatic carbocycles. The predicted octanol–water partition coefficient (Wildman–Crippen LogP) is 6.56. The van der Waals surface area contributed by atoms with Gasteiger partial charge in [0.1, 0.15) is 5.78 Å². The molecule has 0 aliphatic heterocycles. The third-order valence-electron chi connectivity index (χ3n) is 5.96. The molecule has 5 nitrogen and oxygen atoms in total. The Morgan fingerprint density at radius 2 is 1.06 bits per heavy atom. The third kappa shape index (κ3) is 16.0. The van der Waals surface area contributed by atoms with Crippen LogP contribution >= 0.6 is 0 Å². The van der Waals surface area contributed by atoms with Crippen molar-refractivity contribution in [2.45, 2.75) is 123 Å². The van der Waals surface area contributed by atoms with E-state index in [4.69, 9.17) is 9.47 Å². The maximum atomic E-state index is 12.2. The molecule has 1 fully saturated rings. The fraction of sp³-hybridized carbons (Fsp3) is 0.885. The number of esters is 2. The zero-order valence-corrected chi connectivity index (χ0v) is 20.1. The molecule has 0 aromatic carbocycles. The van der Waals surface area contributed by atoms with E-state index in [2.05, 4.69) is 13.8 Å². The Hall–Kier alpha value is -1.39. The number of rotatable bonds is 21. The highest BCUT2D eigenvalue weighted by Gasteiger charge is 2.32. The Morgan fingerprint density at radius 1 is 0.645 bits per heavy atom. The lowest BCUT2D eigenvalue weighted by Crippen LogP contribution is -2.20. The fourth-order valence-electron chi connectivity index (χ4n) is 3.80. The van der Waals surface area contributed by atoms with Crippen LogP contribution in [0.5, 0.6) is 0 Å². The van der Waals surface area contributed by atoms with Gasteiger partial charge in [-0.15, -0.1) is 0 Å². The van der Waals surface area contributed by atoms with Crippen LogP contribution in [0.1, 0.15) is 123 Å². The molecule has 0 aromatic heterocycles. The molecule has 0 bridgehead atoms. The highest BCUT2D eigenvalue weighted by Crippen LogP contribution is 2.33. The second-order valence-electron chi connectivity index (χ2n) is 9.20. The van der Waals surface area contributed by atoms with Gasteiger partial charge in [0.05, 0.1) is 13.2 Å². The van der Waals surface area contributed by atoms with E-state index in [1.807, 2.05) is 0 Å². The summed E-state index contributed by atoms with van der Waals surface area (Å²) in [5.41, 5.74) is 0. The Morgan fingerprint density at radius 3 is 1.48 bits per heavy atom. The second-order valence-corrected chi connectivity index (χ2v) is 9.20. The van der Waals surface area contributed by atoms with Crippen molar-refractivity contribution < 1.29 is 23.9 Å². The number of Topliss-reactive ketones (excluding diaryl/α,β-unsaturated/α-hetero) is 1. The number of carbonyl (C=O) groups is 3. The molecule has 1 saturated carbocycles. The van der Waals surface area contributed by atoms with Crippen molar-refractivity contribution in [3.63, 3.8) is 0 Å². The van der Waals surface area contributed by atoms with Crippen molar-refractivity contribution in [2.75, 3.05) is 13.2 Å². The maximum Gasteiger partial charge on any atom is 0.306 e. The number of hydrogen-bond acceptors (Lipinski definition) is 5. The van der Waals surface area contributed by atoms with E-state index < -0.39 is 0 Å². The van der Waals surface area contributed by atoms with E-state index in [1.54, 1.807) is 0 Å². The molecule has 0 heterocycles. The van der Waals surface area contributed by atoms with Gasteiger partial charge in [-0.05, 0) is 31.6 Å². The van der Waals surface area contributed by atoms with Gasteiger partial charge >= 0.3 is 11.9 Å². The summed E-state index contributed by atoms with van der Waals surface area (Å²) in [6, 6.07) is 0. The van der Waals surface area contributed by atoms with Crippen molar-refractivity contribution in [3.8, 4) is 0 Å². The summed E-state index contributed by atoms with van der Waals surface area (Å²) in [4.78, 5) is 36.7. The maximum absolute atomic E-state index is 12.2. The lowest BCUT2D eigenvalue weighted by molar-refractivity contribution is -0.147.